The fourth-order valence-electron chi connectivity index (χ4n) is 3.84. The largest absolute Gasteiger partial charge is 0.507 e. The van der Waals surface area contributed by atoms with Gasteiger partial charge in [0.05, 0.1) is 10.9 Å². The lowest BCUT2D eigenvalue weighted by Gasteiger charge is -2.30. The standard InChI is InChI=1S/C23H25NO3/c1-4-5-6-10-16-21(26)18-19(15-12-13-23(2,3)27-22(15)16)24-17-11-8-7-9-14(17)20(18)25/h7-9,11-13,26H,4-6,10H2,1-3H3,(H,24,25). The molecule has 0 radical (unpaired) electrons. The molecule has 3 aromatic rings. The van der Waals surface area contributed by atoms with Crippen LogP contribution in [0.5, 0.6) is 11.5 Å². The van der Waals surface area contributed by atoms with Crippen LogP contribution in [0.4, 0.5) is 0 Å². The molecule has 140 valence electrons. The van der Waals surface area contributed by atoms with E-state index in [0.29, 0.717) is 28.5 Å². The Hall–Kier alpha value is -2.75. The Labute approximate surface area is 158 Å². The number of hydrogen-bond donors (Lipinski definition) is 2. The lowest BCUT2D eigenvalue weighted by atomic mass is 9.93. The number of phenols is 1. The lowest BCUT2D eigenvalue weighted by molar-refractivity contribution is 0.157. The average molecular weight is 363 g/mol. The number of ether oxygens (including phenoxy) is 1. The molecular formula is C23H25NO3. The molecule has 0 saturated heterocycles. The van der Waals surface area contributed by atoms with E-state index in [0.717, 1.165) is 35.9 Å². The molecule has 0 amide bonds. The van der Waals surface area contributed by atoms with E-state index in [1.807, 2.05) is 44.2 Å². The van der Waals surface area contributed by atoms with Crippen LogP contribution in [0.1, 0.15) is 51.2 Å². The second-order valence-corrected chi connectivity index (χ2v) is 7.82. The Morgan fingerprint density at radius 1 is 1.19 bits per heavy atom. The van der Waals surface area contributed by atoms with Crippen molar-refractivity contribution in [3.8, 4) is 11.5 Å². The summed E-state index contributed by atoms with van der Waals surface area (Å²) in [4.78, 5) is 16.5. The van der Waals surface area contributed by atoms with Crippen molar-refractivity contribution in [3.63, 3.8) is 0 Å². The van der Waals surface area contributed by atoms with Gasteiger partial charge in [-0.2, -0.15) is 0 Å². The molecule has 0 fully saturated rings. The quantitative estimate of drug-likeness (QED) is 0.488. The number of pyridine rings is 1. The van der Waals surface area contributed by atoms with Crippen molar-refractivity contribution in [3.05, 3.63) is 51.7 Å². The van der Waals surface area contributed by atoms with E-state index in [4.69, 9.17) is 4.74 Å². The zero-order valence-electron chi connectivity index (χ0n) is 16.1. The Bertz CT molecular complexity index is 1120. The number of hydrogen-bond acceptors (Lipinski definition) is 3. The molecule has 27 heavy (non-hydrogen) atoms. The van der Waals surface area contributed by atoms with Crippen LogP contribution < -0.4 is 10.2 Å². The molecule has 0 spiro atoms. The van der Waals surface area contributed by atoms with Gasteiger partial charge in [-0.25, -0.2) is 0 Å². The second-order valence-electron chi connectivity index (χ2n) is 7.82. The van der Waals surface area contributed by atoms with Crippen LogP contribution in [0.15, 0.2) is 35.1 Å². The highest BCUT2D eigenvalue weighted by molar-refractivity contribution is 6.02. The number of nitrogens with one attached hydrogen (secondary N) is 1. The fourth-order valence-corrected chi connectivity index (χ4v) is 3.84. The third-order valence-electron chi connectivity index (χ3n) is 5.27. The molecule has 4 rings (SSSR count). The Morgan fingerprint density at radius 3 is 2.74 bits per heavy atom. The van der Waals surface area contributed by atoms with Gasteiger partial charge >= 0.3 is 0 Å². The highest BCUT2D eigenvalue weighted by Gasteiger charge is 2.29. The van der Waals surface area contributed by atoms with E-state index < -0.39 is 5.60 Å². The summed E-state index contributed by atoms with van der Waals surface area (Å²) in [6, 6.07) is 7.41. The highest BCUT2D eigenvalue weighted by Crippen LogP contribution is 2.44. The Balaban J connectivity index is 2.09. The minimum atomic E-state index is -0.455. The highest BCUT2D eigenvalue weighted by atomic mass is 16.5. The Morgan fingerprint density at radius 2 is 1.96 bits per heavy atom. The van der Waals surface area contributed by atoms with Gasteiger partial charge in [-0.3, -0.25) is 4.79 Å². The van der Waals surface area contributed by atoms with Crippen molar-refractivity contribution >= 4 is 27.9 Å². The summed E-state index contributed by atoms with van der Waals surface area (Å²) in [6.45, 7) is 6.13. The van der Waals surface area contributed by atoms with Gasteiger partial charge in [0.1, 0.15) is 17.1 Å². The van der Waals surface area contributed by atoms with Crippen LogP contribution >= 0.6 is 0 Å². The normalized spacial score (nSPS) is 15.1. The predicted octanol–water partition coefficient (Wildman–Crippen LogP) is 5.30. The summed E-state index contributed by atoms with van der Waals surface area (Å²) >= 11 is 0. The van der Waals surface area contributed by atoms with Crippen LogP contribution in [-0.2, 0) is 6.42 Å². The molecule has 2 N–H and O–H groups in total. The molecule has 2 heterocycles. The number of phenolic OH excluding ortho intramolecular Hbond substituents is 1. The number of aromatic nitrogens is 1. The van der Waals surface area contributed by atoms with Crippen LogP contribution in [0.25, 0.3) is 27.9 Å². The van der Waals surface area contributed by atoms with Gasteiger partial charge in [-0.1, -0.05) is 31.9 Å². The number of para-hydroxylation sites is 1. The molecule has 0 aliphatic carbocycles. The van der Waals surface area contributed by atoms with E-state index >= 15 is 0 Å². The lowest BCUT2D eigenvalue weighted by Crippen LogP contribution is -2.28. The molecule has 1 aliphatic rings. The van der Waals surface area contributed by atoms with Crippen molar-refractivity contribution in [2.75, 3.05) is 0 Å². The van der Waals surface area contributed by atoms with Crippen molar-refractivity contribution < 1.29 is 9.84 Å². The van der Waals surface area contributed by atoms with Gasteiger partial charge < -0.3 is 14.8 Å². The minimum Gasteiger partial charge on any atom is -0.507 e. The second kappa shape index (κ2) is 6.45. The van der Waals surface area contributed by atoms with E-state index in [1.165, 1.54) is 0 Å². The topological polar surface area (TPSA) is 62.3 Å². The first kappa shape index (κ1) is 17.7. The van der Waals surface area contributed by atoms with Crippen LogP contribution in [0.3, 0.4) is 0 Å². The molecule has 1 aliphatic heterocycles. The molecular weight excluding hydrogens is 338 g/mol. The van der Waals surface area contributed by atoms with Gasteiger partial charge in [-0.05, 0) is 51.0 Å². The van der Waals surface area contributed by atoms with Gasteiger partial charge in [0, 0.05) is 22.0 Å². The fraction of sp³-hybridized carbons (Fsp3) is 0.348. The summed E-state index contributed by atoms with van der Waals surface area (Å²) in [5, 5.41) is 12.0. The van der Waals surface area contributed by atoms with E-state index in [1.54, 1.807) is 6.07 Å². The summed E-state index contributed by atoms with van der Waals surface area (Å²) in [5.41, 5.74) is 2.38. The molecule has 0 bridgehead atoms. The van der Waals surface area contributed by atoms with Gasteiger partial charge in [0.15, 0.2) is 0 Å². The molecule has 4 heteroatoms. The monoisotopic (exact) mass is 363 g/mol. The summed E-state index contributed by atoms with van der Waals surface area (Å²) < 4.78 is 6.25. The van der Waals surface area contributed by atoms with E-state index in [9.17, 15) is 9.90 Å². The first-order valence-corrected chi connectivity index (χ1v) is 9.63. The van der Waals surface area contributed by atoms with Crippen molar-refractivity contribution in [2.24, 2.45) is 0 Å². The van der Waals surface area contributed by atoms with Crippen molar-refractivity contribution in [2.45, 2.75) is 52.1 Å². The SMILES string of the molecule is CCCCCc1c2c(c3[nH]c4ccccc4c(=O)c3c1O)C=CC(C)(C)O2. The maximum absolute atomic E-state index is 13.2. The van der Waals surface area contributed by atoms with Crippen molar-refractivity contribution in [1.29, 1.82) is 0 Å². The summed E-state index contributed by atoms with van der Waals surface area (Å²) in [7, 11) is 0. The number of unbranched alkanes of at least 4 members (excludes halogenated alkanes) is 2. The minimum absolute atomic E-state index is 0.0537. The average Bonchev–Trinajstić information content (AvgIpc) is 2.63. The van der Waals surface area contributed by atoms with E-state index in [2.05, 4.69) is 11.9 Å². The maximum atomic E-state index is 13.2. The van der Waals surface area contributed by atoms with E-state index in [-0.39, 0.29) is 11.2 Å². The third-order valence-corrected chi connectivity index (χ3v) is 5.27. The predicted molar refractivity (Wildman–Crippen MR) is 111 cm³/mol. The number of benzene rings is 2. The Kier molecular flexibility index (Phi) is 4.22. The number of rotatable bonds is 4. The van der Waals surface area contributed by atoms with Crippen LogP contribution in [0, 0.1) is 0 Å². The third kappa shape index (κ3) is 2.89. The molecule has 0 atom stereocenters. The van der Waals surface area contributed by atoms with Gasteiger partial charge in [0.25, 0.3) is 0 Å². The zero-order chi connectivity index (χ0) is 19.2. The van der Waals surface area contributed by atoms with Crippen LogP contribution in [-0.4, -0.2) is 15.7 Å². The first-order valence-electron chi connectivity index (χ1n) is 9.63. The number of fused-ring (bicyclic) bond motifs is 4. The summed E-state index contributed by atoms with van der Waals surface area (Å²) in [5.74, 6) is 0.743. The molecule has 2 aromatic carbocycles. The van der Waals surface area contributed by atoms with Crippen LogP contribution in [0.2, 0.25) is 0 Å². The number of H-pyrrole nitrogens is 1. The molecule has 0 saturated carbocycles. The maximum Gasteiger partial charge on any atom is 0.200 e. The molecule has 1 aromatic heterocycles. The first-order chi connectivity index (χ1) is 12.9. The molecule has 4 nitrogen and oxygen atoms in total. The zero-order valence-corrected chi connectivity index (χ0v) is 16.1. The number of aromatic amines is 1. The summed E-state index contributed by atoms with van der Waals surface area (Å²) in [6.07, 6.45) is 7.80. The van der Waals surface area contributed by atoms with Gasteiger partial charge in [0.2, 0.25) is 5.43 Å². The number of aromatic hydroxyl groups is 1. The smallest absolute Gasteiger partial charge is 0.200 e. The van der Waals surface area contributed by atoms with Gasteiger partial charge in [-0.15, -0.1) is 0 Å². The molecule has 0 unspecified atom stereocenters. The van der Waals surface area contributed by atoms with Crippen molar-refractivity contribution in [1.82, 2.24) is 4.98 Å².